The Kier molecular flexibility index (Phi) is 4.78. The normalized spacial score (nSPS) is 16.0. The molecular weight excluding hydrogens is 469 g/mol. The Balaban J connectivity index is 2.93. The first kappa shape index (κ1) is 17.0. The molecule has 0 unspecified atom stereocenters. The van der Waals surface area contributed by atoms with Crippen LogP contribution in [-0.4, -0.2) is 28.4 Å². The number of hydrogen-bond donors (Lipinski definition) is 0. The zero-order valence-corrected chi connectivity index (χ0v) is 14.0. The summed E-state index contributed by atoms with van der Waals surface area (Å²) in [6.07, 6.45) is 0.575. The number of hydrogen-bond acceptors (Lipinski definition) is 4. The third-order valence-electron chi connectivity index (χ3n) is 1.78. The molecule has 0 bridgehead atoms. The van der Waals surface area contributed by atoms with Crippen LogP contribution in [0.2, 0.25) is 0 Å². The number of aromatic nitrogens is 3. The Morgan fingerprint density at radius 1 is 1.53 bits per heavy atom. The molecule has 1 heterocycles. The topological polar surface area (TPSA) is 57.0 Å². The van der Waals surface area contributed by atoms with Crippen LogP contribution in [0, 0.1) is 0 Å². The summed E-state index contributed by atoms with van der Waals surface area (Å²) < 4.78 is 40.1. The number of halogens is 6. The molecule has 0 fully saturated rings. The molecule has 1 rings (SSSR count). The van der Waals surface area contributed by atoms with E-state index >= 15 is 0 Å². The highest BCUT2D eigenvalue weighted by atomic mass is 127. The van der Waals surface area contributed by atoms with Crippen molar-refractivity contribution in [3.05, 3.63) is 6.20 Å². The molecule has 0 saturated heterocycles. The van der Waals surface area contributed by atoms with Gasteiger partial charge in [0, 0.05) is 0 Å². The summed E-state index contributed by atoms with van der Waals surface area (Å²) >= 11 is 8.65. The zero-order valence-electron chi connectivity index (χ0n) is 9.50. The first-order chi connectivity index (χ1) is 8.35. The van der Waals surface area contributed by atoms with Gasteiger partial charge in [-0.2, -0.15) is 13.5 Å². The maximum atomic E-state index is 13.4. The summed E-state index contributed by atoms with van der Waals surface area (Å²) in [6.45, 7) is 2.98. The van der Waals surface area contributed by atoms with E-state index in [1.54, 1.807) is 0 Å². The minimum absolute atomic E-state index is 0.115. The van der Waals surface area contributed by atoms with E-state index in [2.05, 4.69) is 31.0 Å². The van der Waals surface area contributed by atoms with Crippen LogP contribution < -0.4 is 4.74 Å². The van der Waals surface area contributed by atoms with Gasteiger partial charge in [0.15, 0.2) is 0 Å². The molecule has 1 aromatic heterocycles. The molecular formula is C8H7BrClF3IN3O2. The fourth-order valence-corrected chi connectivity index (χ4v) is 1.19. The SMILES string of the molecule is CC(C)(Br)C(=O)Oc1cn(C(F)(F)[C@](F)(Cl)I)nn1. The summed E-state index contributed by atoms with van der Waals surface area (Å²) in [7, 11) is 0. The molecule has 0 spiro atoms. The van der Waals surface area contributed by atoms with Gasteiger partial charge in [-0.05, 0) is 36.4 Å². The highest BCUT2D eigenvalue weighted by Gasteiger charge is 2.55. The van der Waals surface area contributed by atoms with Crippen LogP contribution in [0.3, 0.4) is 0 Å². The number of alkyl halides is 6. The van der Waals surface area contributed by atoms with Gasteiger partial charge in [0.25, 0.3) is 5.88 Å². The highest BCUT2D eigenvalue weighted by molar-refractivity contribution is 14.1. The Hall–Kier alpha value is -0.100. The predicted molar refractivity (Wildman–Crippen MR) is 72.6 cm³/mol. The fraction of sp³-hybridized carbons (Fsp3) is 0.625. The Bertz CT molecular complexity index is 486. The van der Waals surface area contributed by atoms with E-state index in [4.69, 9.17) is 11.6 Å². The van der Waals surface area contributed by atoms with Crippen LogP contribution in [-0.2, 0) is 10.8 Å². The molecule has 11 heteroatoms. The van der Waals surface area contributed by atoms with Crippen LogP contribution in [0.1, 0.15) is 13.8 Å². The molecule has 0 radical (unpaired) electrons. The number of carbonyl (C=O) groups excluding carboxylic acids is 1. The van der Waals surface area contributed by atoms with Crippen molar-refractivity contribution in [3.8, 4) is 5.88 Å². The minimum Gasteiger partial charge on any atom is -0.403 e. The van der Waals surface area contributed by atoms with Gasteiger partial charge in [-0.25, -0.2) is 4.39 Å². The maximum absolute atomic E-state index is 13.4. The molecule has 0 aliphatic carbocycles. The first-order valence-electron chi connectivity index (χ1n) is 4.64. The lowest BCUT2D eigenvalue weighted by atomic mass is 10.2. The molecule has 0 N–H and O–H groups in total. The van der Waals surface area contributed by atoms with Crippen LogP contribution in [0.15, 0.2) is 6.20 Å². The van der Waals surface area contributed by atoms with Gasteiger partial charge in [-0.15, -0.1) is 0 Å². The third kappa shape index (κ3) is 3.94. The van der Waals surface area contributed by atoms with E-state index in [0.717, 1.165) is 0 Å². The van der Waals surface area contributed by atoms with Gasteiger partial charge < -0.3 is 4.74 Å². The molecule has 0 amide bonds. The van der Waals surface area contributed by atoms with Gasteiger partial charge in [-0.3, -0.25) is 4.79 Å². The summed E-state index contributed by atoms with van der Waals surface area (Å²) in [6, 6.07) is -4.16. The van der Waals surface area contributed by atoms with E-state index in [0.29, 0.717) is 28.8 Å². The average Bonchev–Trinajstić information content (AvgIpc) is 2.63. The lowest BCUT2D eigenvalue weighted by Gasteiger charge is -2.21. The fourth-order valence-electron chi connectivity index (χ4n) is 0.779. The quantitative estimate of drug-likeness (QED) is 0.381. The number of nitrogens with zero attached hydrogens (tertiary/aromatic N) is 3. The van der Waals surface area contributed by atoms with Crippen LogP contribution in [0.4, 0.5) is 13.2 Å². The average molecular weight is 476 g/mol. The molecule has 5 nitrogen and oxygen atoms in total. The van der Waals surface area contributed by atoms with Crippen molar-refractivity contribution in [2.75, 3.05) is 0 Å². The van der Waals surface area contributed by atoms with Gasteiger partial charge in [0.2, 0.25) is 0 Å². The van der Waals surface area contributed by atoms with Crippen molar-refractivity contribution in [1.82, 2.24) is 15.0 Å². The van der Waals surface area contributed by atoms with Crippen molar-refractivity contribution in [2.24, 2.45) is 0 Å². The molecule has 1 aromatic rings. The molecule has 19 heavy (non-hydrogen) atoms. The largest absolute Gasteiger partial charge is 0.403 e. The molecule has 108 valence electrons. The summed E-state index contributed by atoms with van der Waals surface area (Å²) in [4.78, 5) is 11.5. The van der Waals surface area contributed by atoms with Crippen molar-refractivity contribution in [2.45, 2.75) is 27.4 Å². The second-order valence-corrected chi connectivity index (χ2v) is 8.53. The Labute approximate surface area is 133 Å². The lowest BCUT2D eigenvalue weighted by molar-refractivity contribution is -0.137. The van der Waals surface area contributed by atoms with E-state index in [1.807, 2.05) is 0 Å². The second kappa shape index (κ2) is 5.35. The van der Waals surface area contributed by atoms with Gasteiger partial charge >= 0.3 is 15.2 Å². The molecule has 0 saturated carbocycles. The van der Waals surface area contributed by atoms with E-state index in [-0.39, 0.29) is 4.68 Å². The Morgan fingerprint density at radius 3 is 2.47 bits per heavy atom. The van der Waals surface area contributed by atoms with Crippen LogP contribution in [0.25, 0.3) is 0 Å². The van der Waals surface area contributed by atoms with Crippen molar-refractivity contribution < 1.29 is 22.7 Å². The van der Waals surface area contributed by atoms with Gasteiger partial charge in [0.05, 0.1) is 6.20 Å². The number of esters is 1. The molecule has 0 aliphatic heterocycles. The van der Waals surface area contributed by atoms with Gasteiger partial charge in [-0.1, -0.05) is 37.8 Å². The van der Waals surface area contributed by atoms with E-state index < -0.39 is 25.4 Å². The predicted octanol–water partition coefficient (Wildman–Crippen LogP) is 3.20. The number of rotatable bonds is 4. The van der Waals surface area contributed by atoms with E-state index in [9.17, 15) is 18.0 Å². The van der Waals surface area contributed by atoms with Crippen LogP contribution in [0.5, 0.6) is 5.88 Å². The number of carbonyl (C=O) groups is 1. The van der Waals surface area contributed by atoms with Gasteiger partial charge in [0.1, 0.15) is 4.32 Å². The first-order valence-corrected chi connectivity index (χ1v) is 6.89. The maximum Gasteiger partial charge on any atom is 0.402 e. The highest BCUT2D eigenvalue weighted by Crippen LogP contribution is 2.45. The minimum atomic E-state index is -4.16. The van der Waals surface area contributed by atoms with Crippen molar-refractivity contribution in [3.63, 3.8) is 0 Å². The second-order valence-electron chi connectivity index (χ2n) is 3.90. The summed E-state index contributed by atoms with van der Waals surface area (Å²) in [5.74, 6) is -1.26. The van der Waals surface area contributed by atoms with Crippen molar-refractivity contribution in [1.29, 1.82) is 0 Å². The standard InChI is InChI=1S/C8H7BrClF3IN3O2/c1-6(2,9)5(18)19-4-3-17(16-15-4)8(12,13)7(10,11)14/h3H,1-2H3/t7-/m1/s1. The number of ether oxygens (including phenoxy) is 1. The Morgan fingerprint density at radius 2 is 2.05 bits per heavy atom. The van der Waals surface area contributed by atoms with Crippen LogP contribution >= 0.6 is 50.1 Å². The lowest BCUT2D eigenvalue weighted by Crippen LogP contribution is -2.38. The molecule has 1 atom stereocenters. The van der Waals surface area contributed by atoms with Crippen molar-refractivity contribution >= 4 is 56.1 Å². The molecule has 0 aliphatic rings. The third-order valence-corrected chi connectivity index (χ3v) is 2.98. The summed E-state index contributed by atoms with van der Waals surface area (Å²) in [5, 5.41) is 6.17. The zero-order chi connectivity index (χ0) is 15.1. The summed E-state index contributed by atoms with van der Waals surface area (Å²) in [5.41, 5.74) is 0. The smallest absolute Gasteiger partial charge is 0.402 e. The monoisotopic (exact) mass is 475 g/mol. The van der Waals surface area contributed by atoms with E-state index in [1.165, 1.54) is 13.8 Å². The molecule has 0 aromatic carbocycles.